The summed E-state index contributed by atoms with van der Waals surface area (Å²) in [6, 6.07) is 12.2. The minimum absolute atomic E-state index is 0.0487. The van der Waals surface area contributed by atoms with E-state index in [1.807, 2.05) is 39.0 Å². The Bertz CT molecular complexity index is 1230. The molecule has 6 atom stereocenters. The Labute approximate surface area is 227 Å². The smallest absolute Gasteiger partial charge is 0.248 e. The second kappa shape index (κ2) is 10.3. The molecule has 0 saturated carbocycles. The molecule has 3 N–H and O–H groups in total. The highest BCUT2D eigenvalue weighted by Gasteiger charge is 2.75. The number of hydrogen-bond donors (Lipinski definition) is 3. The van der Waals surface area contributed by atoms with Crippen molar-refractivity contribution in [3.05, 3.63) is 53.6 Å². The molecular weight excluding hydrogens is 502 g/mol. The molecule has 38 heavy (non-hydrogen) atoms. The van der Waals surface area contributed by atoms with Crippen molar-refractivity contribution in [2.45, 2.75) is 50.2 Å². The summed E-state index contributed by atoms with van der Waals surface area (Å²) in [5.41, 5.74) is 3.25. The zero-order valence-electron chi connectivity index (χ0n) is 22.2. The van der Waals surface area contributed by atoms with Crippen molar-refractivity contribution in [2.75, 3.05) is 30.4 Å². The number of aryl methyl sites for hydroxylation is 2. The number of anilines is 2. The molecule has 2 aromatic rings. The Kier molecular flexibility index (Phi) is 7.17. The van der Waals surface area contributed by atoms with Crippen LogP contribution >= 0.6 is 11.8 Å². The van der Waals surface area contributed by atoms with E-state index in [2.05, 4.69) is 17.6 Å². The largest absolute Gasteiger partial charge is 0.494 e. The maximum Gasteiger partial charge on any atom is 0.248 e. The summed E-state index contributed by atoms with van der Waals surface area (Å²) in [6.45, 7) is 8.21. The van der Waals surface area contributed by atoms with Gasteiger partial charge in [-0.25, -0.2) is 0 Å². The van der Waals surface area contributed by atoms with Crippen molar-refractivity contribution in [3.63, 3.8) is 0 Å². The van der Waals surface area contributed by atoms with Crippen LogP contribution in [-0.2, 0) is 14.4 Å². The zero-order chi connectivity index (χ0) is 27.2. The predicted molar refractivity (Wildman–Crippen MR) is 148 cm³/mol. The van der Waals surface area contributed by atoms with Gasteiger partial charge in [0, 0.05) is 23.2 Å². The highest BCUT2D eigenvalue weighted by atomic mass is 32.2. The average Bonchev–Trinajstić information content (AvgIpc) is 3.47. The van der Waals surface area contributed by atoms with E-state index >= 15 is 0 Å². The van der Waals surface area contributed by atoms with E-state index in [0.717, 1.165) is 29.0 Å². The Hall–Kier alpha value is -3.04. The summed E-state index contributed by atoms with van der Waals surface area (Å²) in [5, 5.41) is 15.9. The monoisotopic (exact) mass is 537 g/mol. The number of thioether (sulfide) groups is 1. The van der Waals surface area contributed by atoms with E-state index in [-0.39, 0.29) is 42.0 Å². The first-order valence-electron chi connectivity index (χ1n) is 13.2. The van der Waals surface area contributed by atoms with Gasteiger partial charge in [0.25, 0.3) is 0 Å². The van der Waals surface area contributed by atoms with Crippen LogP contribution in [0, 0.1) is 31.6 Å². The maximum atomic E-state index is 14.0. The highest BCUT2D eigenvalue weighted by molar-refractivity contribution is 8.02. The molecule has 3 aliphatic rings. The van der Waals surface area contributed by atoms with Crippen LogP contribution in [0.3, 0.4) is 0 Å². The topological polar surface area (TPSA) is 108 Å². The van der Waals surface area contributed by atoms with Crippen LogP contribution in [0.2, 0.25) is 0 Å². The van der Waals surface area contributed by atoms with Gasteiger partial charge in [0.05, 0.1) is 29.8 Å². The summed E-state index contributed by atoms with van der Waals surface area (Å²) >= 11 is 1.62. The van der Waals surface area contributed by atoms with Crippen molar-refractivity contribution >= 4 is 40.9 Å². The van der Waals surface area contributed by atoms with Gasteiger partial charge in [-0.2, -0.15) is 0 Å². The minimum atomic E-state index is -0.778. The Morgan fingerprint density at radius 2 is 1.79 bits per heavy atom. The normalized spacial score (nSPS) is 29.3. The van der Waals surface area contributed by atoms with Gasteiger partial charge in [-0.3, -0.25) is 14.4 Å². The molecule has 3 amide bonds. The Balaban J connectivity index is 1.46. The van der Waals surface area contributed by atoms with Gasteiger partial charge in [0.1, 0.15) is 11.8 Å². The van der Waals surface area contributed by atoms with Gasteiger partial charge < -0.3 is 25.4 Å². The summed E-state index contributed by atoms with van der Waals surface area (Å²) in [7, 11) is 0. The lowest BCUT2D eigenvalue weighted by Crippen LogP contribution is -2.55. The van der Waals surface area contributed by atoms with E-state index in [1.54, 1.807) is 36.0 Å². The summed E-state index contributed by atoms with van der Waals surface area (Å²) in [5.74, 6) is -1.12. The highest BCUT2D eigenvalue weighted by Crippen LogP contribution is 2.68. The number of β-amino-alcohol motifs (C(OH)–C–C–N with tert-alkyl or cyclic N) is 1. The molecule has 3 aliphatic heterocycles. The predicted octanol–water partition coefficient (Wildman–Crippen LogP) is 3.61. The van der Waals surface area contributed by atoms with Crippen molar-refractivity contribution in [1.29, 1.82) is 0 Å². The molecule has 0 radical (unpaired) electrons. The van der Waals surface area contributed by atoms with Gasteiger partial charge in [0.2, 0.25) is 17.7 Å². The number of nitrogens with one attached hydrogen (secondary N) is 2. The van der Waals surface area contributed by atoms with E-state index in [4.69, 9.17) is 4.74 Å². The second-order valence-electron chi connectivity index (χ2n) is 10.5. The summed E-state index contributed by atoms with van der Waals surface area (Å²) in [6.07, 6.45) is 0.746. The average molecular weight is 538 g/mol. The molecule has 3 saturated heterocycles. The third kappa shape index (κ3) is 4.16. The molecule has 3 unspecified atom stereocenters. The minimum Gasteiger partial charge on any atom is -0.494 e. The quantitative estimate of drug-likeness (QED) is 0.475. The molecule has 8 nitrogen and oxygen atoms in total. The summed E-state index contributed by atoms with van der Waals surface area (Å²) < 4.78 is 4.75. The number of likely N-dealkylation sites (tertiary alicyclic amines) is 1. The first-order valence-corrected chi connectivity index (χ1v) is 14.1. The lowest BCUT2D eigenvalue weighted by molar-refractivity contribution is -0.138. The van der Waals surface area contributed by atoms with E-state index in [9.17, 15) is 19.5 Å². The lowest BCUT2D eigenvalue weighted by Gasteiger charge is -2.38. The molecular formula is C29H35N3O5S. The number of rotatable bonds is 8. The van der Waals surface area contributed by atoms with Crippen LogP contribution in [0.5, 0.6) is 5.75 Å². The van der Waals surface area contributed by atoms with Gasteiger partial charge >= 0.3 is 0 Å². The number of aliphatic hydroxyl groups is 1. The maximum absolute atomic E-state index is 14.0. The van der Waals surface area contributed by atoms with Crippen molar-refractivity contribution in [3.8, 4) is 5.75 Å². The molecule has 5 rings (SSSR count). The fourth-order valence-corrected chi connectivity index (χ4v) is 9.12. The lowest BCUT2D eigenvalue weighted by atomic mass is 9.66. The standard InChI is InChI=1S/C29H35N3O5S/c1-5-37-20-11-9-19(10-12-20)30-26(34)22-21-15-18(4)29(38-21)23(22)28(36)32(13-14-33)25(29)27(35)31-24-16(2)7-6-8-17(24)3/h6-12,18,21-23,25,33H,5,13-15H2,1-4H3,(H,30,34)(H,31,35)/t18?,21-,22+,23+,25?,29?/m1/s1. The van der Waals surface area contributed by atoms with Crippen LogP contribution < -0.4 is 15.4 Å². The van der Waals surface area contributed by atoms with Crippen LogP contribution in [0.4, 0.5) is 11.4 Å². The molecule has 9 heteroatoms. The molecule has 1 spiro atoms. The van der Waals surface area contributed by atoms with Crippen LogP contribution in [0.25, 0.3) is 0 Å². The van der Waals surface area contributed by atoms with Crippen LogP contribution in [0.1, 0.15) is 31.4 Å². The van der Waals surface area contributed by atoms with E-state index in [0.29, 0.717) is 12.3 Å². The number of nitrogens with zero attached hydrogens (tertiary/aromatic N) is 1. The number of carbonyl (C=O) groups is 3. The molecule has 202 valence electrons. The fourth-order valence-electron chi connectivity index (χ4n) is 6.70. The number of fused-ring (bicyclic) bond motifs is 1. The third-order valence-corrected chi connectivity index (χ3v) is 10.4. The Morgan fingerprint density at radius 3 is 2.42 bits per heavy atom. The number of amides is 3. The van der Waals surface area contributed by atoms with Gasteiger partial charge in [-0.05, 0) is 68.5 Å². The number of hydrogen-bond acceptors (Lipinski definition) is 6. The molecule has 0 aromatic heterocycles. The van der Waals surface area contributed by atoms with E-state index in [1.165, 1.54) is 4.90 Å². The van der Waals surface area contributed by atoms with Crippen molar-refractivity contribution in [1.82, 2.24) is 4.90 Å². The number of benzene rings is 2. The van der Waals surface area contributed by atoms with Crippen molar-refractivity contribution < 1.29 is 24.2 Å². The van der Waals surface area contributed by atoms with Gasteiger partial charge in [-0.15, -0.1) is 11.8 Å². The van der Waals surface area contributed by atoms with Crippen LogP contribution in [0.15, 0.2) is 42.5 Å². The summed E-state index contributed by atoms with van der Waals surface area (Å²) in [4.78, 5) is 43.0. The zero-order valence-corrected chi connectivity index (χ0v) is 23.0. The fraction of sp³-hybridized carbons (Fsp3) is 0.483. The number of para-hydroxylation sites is 1. The molecule has 2 bridgehead atoms. The van der Waals surface area contributed by atoms with Crippen molar-refractivity contribution in [2.24, 2.45) is 17.8 Å². The molecule has 0 aliphatic carbocycles. The number of aliphatic hydroxyl groups excluding tert-OH is 1. The van der Waals surface area contributed by atoms with Gasteiger partial charge in [0.15, 0.2) is 0 Å². The second-order valence-corrected chi connectivity index (χ2v) is 12.1. The van der Waals surface area contributed by atoms with E-state index < -0.39 is 22.6 Å². The first-order chi connectivity index (χ1) is 18.2. The Morgan fingerprint density at radius 1 is 1.11 bits per heavy atom. The molecule has 3 fully saturated rings. The number of carbonyl (C=O) groups excluding carboxylic acids is 3. The first kappa shape index (κ1) is 26.6. The van der Waals surface area contributed by atoms with Gasteiger partial charge in [-0.1, -0.05) is 25.1 Å². The SMILES string of the molecule is CCOc1ccc(NC(=O)[C@@H]2[C@H]3C(=O)N(CCO)C(C(=O)Nc4c(C)cccc4C)C34S[C@@H]2CC4C)cc1. The number of ether oxygens (including phenoxy) is 1. The molecule has 2 aromatic carbocycles. The third-order valence-electron chi connectivity index (χ3n) is 8.30. The van der Waals surface area contributed by atoms with Crippen LogP contribution in [-0.4, -0.2) is 63.5 Å². The molecule has 3 heterocycles.